The highest BCUT2D eigenvalue weighted by molar-refractivity contribution is 5.90. The first kappa shape index (κ1) is 14.5. The highest BCUT2D eigenvalue weighted by atomic mass is 14.8. The number of benzene rings is 1. The van der Waals surface area contributed by atoms with Gasteiger partial charge in [0.15, 0.2) is 0 Å². The van der Waals surface area contributed by atoms with Gasteiger partial charge >= 0.3 is 0 Å². The van der Waals surface area contributed by atoms with Crippen molar-refractivity contribution in [2.75, 3.05) is 5.73 Å². The molecule has 0 amide bonds. The summed E-state index contributed by atoms with van der Waals surface area (Å²) in [6.07, 6.45) is 5.55. The number of nitrogen functional groups attached to an aromatic ring is 1. The van der Waals surface area contributed by atoms with Crippen LogP contribution in [-0.4, -0.2) is 15.0 Å². The molecule has 4 rings (SSSR count). The van der Waals surface area contributed by atoms with Crippen LogP contribution in [0.25, 0.3) is 33.3 Å². The fourth-order valence-electron chi connectivity index (χ4n) is 3.07. The molecule has 4 heteroatoms. The summed E-state index contributed by atoms with van der Waals surface area (Å²) in [5.74, 6) is 0.549. The highest BCUT2D eigenvalue weighted by Crippen LogP contribution is 2.30. The molecule has 0 saturated carbocycles. The maximum atomic E-state index is 5.76. The van der Waals surface area contributed by atoms with Gasteiger partial charge in [0, 0.05) is 46.3 Å². The zero-order valence-electron chi connectivity index (χ0n) is 13.7. The standard InChI is InChI=1S/C20H18N4/c1-12-5-6-22-10-17(12)19-9-15-8-14(3-4-18(15)24-19)16-11-23-20(21)7-13(16)2/h3-11,24H,1-2H3,(H2,21,23). The highest BCUT2D eigenvalue weighted by Gasteiger charge is 2.09. The topological polar surface area (TPSA) is 67.6 Å². The molecule has 4 aromatic rings. The van der Waals surface area contributed by atoms with Crippen LogP contribution in [0.1, 0.15) is 11.1 Å². The lowest BCUT2D eigenvalue weighted by atomic mass is 10.0. The van der Waals surface area contributed by atoms with Gasteiger partial charge in [-0.15, -0.1) is 0 Å². The molecular weight excluding hydrogens is 296 g/mol. The number of hydrogen-bond donors (Lipinski definition) is 2. The van der Waals surface area contributed by atoms with E-state index in [0.29, 0.717) is 5.82 Å². The van der Waals surface area contributed by atoms with Crippen LogP contribution in [-0.2, 0) is 0 Å². The predicted molar refractivity (Wildman–Crippen MR) is 98.6 cm³/mol. The van der Waals surface area contributed by atoms with Crippen molar-refractivity contribution in [2.45, 2.75) is 13.8 Å². The number of rotatable bonds is 2. The lowest BCUT2D eigenvalue weighted by molar-refractivity contribution is 1.27. The van der Waals surface area contributed by atoms with Gasteiger partial charge in [0.05, 0.1) is 0 Å². The number of hydrogen-bond acceptors (Lipinski definition) is 3. The van der Waals surface area contributed by atoms with Crippen LogP contribution in [0, 0.1) is 13.8 Å². The van der Waals surface area contributed by atoms with E-state index < -0.39 is 0 Å². The first-order valence-corrected chi connectivity index (χ1v) is 7.88. The van der Waals surface area contributed by atoms with Crippen LogP contribution < -0.4 is 5.73 Å². The minimum atomic E-state index is 0.549. The van der Waals surface area contributed by atoms with Crippen LogP contribution >= 0.6 is 0 Å². The number of fused-ring (bicyclic) bond motifs is 1. The second kappa shape index (κ2) is 5.49. The maximum Gasteiger partial charge on any atom is 0.123 e. The number of nitrogens with two attached hydrogens (primary N) is 1. The van der Waals surface area contributed by atoms with Gasteiger partial charge in [-0.2, -0.15) is 0 Å². The van der Waals surface area contributed by atoms with E-state index in [-0.39, 0.29) is 0 Å². The average Bonchev–Trinajstić information content (AvgIpc) is 2.98. The van der Waals surface area contributed by atoms with Gasteiger partial charge in [0.25, 0.3) is 0 Å². The number of aryl methyl sites for hydroxylation is 2. The van der Waals surface area contributed by atoms with Gasteiger partial charge in [-0.1, -0.05) is 6.07 Å². The Morgan fingerprint density at radius 3 is 2.58 bits per heavy atom. The molecular formula is C20H18N4. The minimum absolute atomic E-state index is 0.549. The lowest BCUT2D eigenvalue weighted by Gasteiger charge is -2.06. The number of aromatic nitrogens is 3. The van der Waals surface area contributed by atoms with E-state index in [2.05, 4.69) is 53.1 Å². The Morgan fingerprint density at radius 2 is 1.79 bits per heavy atom. The number of nitrogens with one attached hydrogen (secondary N) is 1. The molecule has 0 radical (unpaired) electrons. The van der Waals surface area contributed by atoms with Crippen molar-refractivity contribution < 1.29 is 0 Å². The van der Waals surface area contributed by atoms with Gasteiger partial charge in [0.1, 0.15) is 5.82 Å². The zero-order valence-corrected chi connectivity index (χ0v) is 13.7. The molecule has 0 saturated heterocycles. The fourth-order valence-corrected chi connectivity index (χ4v) is 3.07. The Labute approximate surface area is 140 Å². The Morgan fingerprint density at radius 1 is 0.917 bits per heavy atom. The second-order valence-corrected chi connectivity index (χ2v) is 6.10. The molecule has 0 aliphatic rings. The fraction of sp³-hybridized carbons (Fsp3) is 0.100. The Balaban J connectivity index is 1.83. The second-order valence-electron chi connectivity index (χ2n) is 6.10. The predicted octanol–water partition coefficient (Wildman–Crippen LogP) is 4.49. The summed E-state index contributed by atoms with van der Waals surface area (Å²) >= 11 is 0. The number of nitrogens with zero attached hydrogens (tertiary/aromatic N) is 2. The van der Waals surface area contributed by atoms with Crippen molar-refractivity contribution in [1.82, 2.24) is 15.0 Å². The normalized spacial score (nSPS) is 11.1. The van der Waals surface area contributed by atoms with Crippen molar-refractivity contribution in [3.63, 3.8) is 0 Å². The molecule has 3 N–H and O–H groups in total. The summed E-state index contributed by atoms with van der Waals surface area (Å²) < 4.78 is 0. The third kappa shape index (κ3) is 2.42. The molecule has 0 atom stereocenters. The van der Waals surface area contributed by atoms with Crippen LogP contribution in [0.3, 0.4) is 0 Å². The largest absolute Gasteiger partial charge is 0.384 e. The van der Waals surface area contributed by atoms with Gasteiger partial charge < -0.3 is 10.7 Å². The molecule has 0 bridgehead atoms. The van der Waals surface area contributed by atoms with E-state index in [1.807, 2.05) is 30.7 Å². The van der Waals surface area contributed by atoms with Crippen LogP contribution in [0.4, 0.5) is 5.82 Å². The van der Waals surface area contributed by atoms with E-state index in [9.17, 15) is 0 Å². The van der Waals surface area contributed by atoms with Crippen molar-refractivity contribution in [3.8, 4) is 22.4 Å². The molecule has 0 aliphatic heterocycles. The summed E-state index contributed by atoms with van der Waals surface area (Å²) in [7, 11) is 0. The molecule has 118 valence electrons. The summed E-state index contributed by atoms with van der Waals surface area (Å²) in [6.45, 7) is 4.15. The summed E-state index contributed by atoms with van der Waals surface area (Å²) in [5.41, 5.74) is 13.6. The molecule has 1 aromatic carbocycles. The first-order chi connectivity index (χ1) is 11.6. The summed E-state index contributed by atoms with van der Waals surface area (Å²) in [5, 5.41) is 1.17. The lowest BCUT2D eigenvalue weighted by Crippen LogP contribution is -1.92. The summed E-state index contributed by atoms with van der Waals surface area (Å²) in [6, 6.07) is 12.5. The Kier molecular flexibility index (Phi) is 3.31. The first-order valence-electron chi connectivity index (χ1n) is 7.88. The van der Waals surface area contributed by atoms with E-state index in [1.165, 1.54) is 10.9 Å². The summed E-state index contributed by atoms with van der Waals surface area (Å²) in [4.78, 5) is 11.9. The third-order valence-corrected chi connectivity index (χ3v) is 4.39. The molecule has 0 unspecified atom stereocenters. The SMILES string of the molecule is Cc1cc(N)ncc1-c1ccc2[nH]c(-c3cnccc3C)cc2c1. The van der Waals surface area contributed by atoms with Crippen LogP contribution in [0.5, 0.6) is 0 Å². The molecule has 3 aromatic heterocycles. The Hall–Kier alpha value is -3.14. The number of H-pyrrole nitrogens is 1. The van der Waals surface area contributed by atoms with Gasteiger partial charge in [-0.05, 0) is 60.9 Å². The van der Waals surface area contributed by atoms with Crippen molar-refractivity contribution in [1.29, 1.82) is 0 Å². The number of pyridine rings is 2. The molecule has 3 heterocycles. The zero-order chi connectivity index (χ0) is 16.7. The van der Waals surface area contributed by atoms with E-state index in [1.54, 1.807) is 0 Å². The number of anilines is 1. The van der Waals surface area contributed by atoms with Crippen LogP contribution in [0.15, 0.2) is 55.0 Å². The van der Waals surface area contributed by atoms with Crippen molar-refractivity contribution in [3.05, 3.63) is 66.1 Å². The molecule has 4 nitrogen and oxygen atoms in total. The van der Waals surface area contributed by atoms with Crippen molar-refractivity contribution >= 4 is 16.7 Å². The van der Waals surface area contributed by atoms with Gasteiger partial charge in [-0.25, -0.2) is 4.98 Å². The monoisotopic (exact) mass is 314 g/mol. The Bertz CT molecular complexity index is 1050. The smallest absolute Gasteiger partial charge is 0.123 e. The molecule has 24 heavy (non-hydrogen) atoms. The van der Waals surface area contributed by atoms with Crippen LogP contribution in [0.2, 0.25) is 0 Å². The van der Waals surface area contributed by atoms with E-state index >= 15 is 0 Å². The minimum Gasteiger partial charge on any atom is -0.384 e. The third-order valence-electron chi connectivity index (χ3n) is 4.39. The van der Waals surface area contributed by atoms with E-state index in [4.69, 9.17) is 5.73 Å². The molecule has 0 fully saturated rings. The van der Waals surface area contributed by atoms with Crippen molar-refractivity contribution in [2.24, 2.45) is 0 Å². The molecule has 0 aliphatic carbocycles. The van der Waals surface area contributed by atoms with Gasteiger partial charge in [0.2, 0.25) is 0 Å². The maximum absolute atomic E-state index is 5.76. The number of aromatic amines is 1. The van der Waals surface area contributed by atoms with E-state index in [0.717, 1.165) is 33.5 Å². The van der Waals surface area contributed by atoms with Gasteiger partial charge in [-0.3, -0.25) is 4.98 Å². The average molecular weight is 314 g/mol. The quantitative estimate of drug-likeness (QED) is 0.573. The molecule has 0 spiro atoms.